The van der Waals surface area contributed by atoms with Gasteiger partial charge in [0.05, 0.1) is 5.75 Å². The van der Waals surface area contributed by atoms with Crippen molar-refractivity contribution in [3.05, 3.63) is 35.4 Å². The van der Waals surface area contributed by atoms with Crippen molar-refractivity contribution in [2.75, 3.05) is 20.6 Å². The highest BCUT2D eigenvalue weighted by Crippen LogP contribution is 2.12. The lowest BCUT2D eigenvalue weighted by atomic mass is 10.1. The predicted molar refractivity (Wildman–Crippen MR) is 83.9 cm³/mol. The Morgan fingerprint density at radius 1 is 1.15 bits per heavy atom. The molecule has 0 unspecified atom stereocenters. The minimum absolute atomic E-state index is 0.0709. The summed E-state index contributed by atoms with van der Waals surface area (Å²) >= 11 is 0. The average Bonchev–Trinajstić information content (AvgIpc) is 2.38. The van der Waals surface area contributed by atoms with Crippen LogP contribution in [-0.2, 0) is 22.3 Å². The number of hydrogen-bond acceptors (Lipinski definition) is 3. The van der Waals surface area contributed by atoms with Gasteiger partial charge in [-0.25, -0.2) is 12.7 Å². The highest BCUT2D eigenvalue weighted by atomic mass is 32.2. The van der Waals surface area contributed by atoms with E-state index in [2.05, 4.69) is 19.2 Å². The molecule has 0 bridgehead atoms. The van der Waals surface area contributed by atoms with Gasteiger partial charge in [-0.2, -0.15) is 0 Å². The quantitative estimate of drug-likeness (QED) is 0.800. The van der Waals surface area contributed by atoms with Gasteiger partial charge in [-0.3, -0.25) is 0 Å². The third kappa shape index (κ3) is 5.61. The van der Waals surface area contributed by atoms with Crippen molar-refractivity contribution in [3.8, 4) is 0 Å². The van der Waals surface area contributed by atoms with Crippen LogP contribution in [0.25, 0.3) is 0 Å². The fourth-order valence-electron chi connectivity index (χ4n) is 1.86. The summed E-state index contributed by atoms with van der Waals surface area (Å²) in [4.78, 5) is 0. The largest absolute Gasteiger partial charge is 0.316 e. The van der Waals surface area contributed by atoms with Gasteiger partial charge in [0, 0.05) is 20.1 Å². The van der Waals surface area contributed by atoms with Crippen LogP contribution in [0.5, 0.6) is 0 Å². The summed E-state index contributed by atoms with van der Waals surface area (Å²) < 4.78 is 25.9. The van der Waals surface area contributed by atoms with E-state index in [-0.39, 0.29) is 5.75 Å². The van der Waals surface area contributed by atoms with Gasteiger partial charge in [-0.05, 0) is 30.5 Å². The maximum Gasteiger partial charge on any atom is 0.218 e. The maximum atomic E-state index is 12.2. The average molecular weight is 298 g/mol. The monoisotopic (exact) mass is 298 g/mol. The van der Waals surface area contributed by atoms with Gasteiger partial charge in [0.25, 0.3) is 0 Å². The third-order valence-corrected chi connectivity index (χ3v) is 5.08. The molecular weight excluding hydrogens is 272 g/mol. The van der Waals surface area contributed by atoms with E-state index in [1.54, 1.807) is 7.05 Å². The molecule has 0 saturated heterocycles. The fraction of sp³-hybridized carbons (Fsp3) is 0.600. The third-order valence-electron chi connectivity index (χ3n) is 3.25. The van der Waals surface area contributed by atoms with Crippen molar-refractivity contribution in [3.63, 3.8) is 0 Å². The first-order valence-electron chi connectivity index (χ1n) is 7.01. The summed E-state index contributed by atoms with van der Waals surface area (Å²) in [6.07, 6.45) is 0.886. The first kappa shape index (κ1) is 17.1. The Balaban J connectivity index is 2.65. The number of hydrogen-bond donors (Lipinski definition) is 1. The minimum atomic E-state index is -3.22. The Labute approximate surface area is 123 Å². The van der Waals surface area contributed by atoms with Gasteiger partial charge >= 0.3 is 0 Å². The molecule has 0 amide bonds. The van der Waals surface area contributed by atoms with Crippen molar-refractivity contribution in [1.29, 1.82) is 0 Å². The van der Waals surface area contributed by atoms with Crippen LogP contribution in [0.2, 0.25) is 0 Å². The van der Waals surface area contributed by atoms with Crippen LogP contribution in [0.3, 0.4) is 0 Å². The Bertz CT molecular complexity index is 495. The molecule has 0 heterocycles. The Hall–Kier alpha value is -0.910. The molecule has 0 fully saturated rings. The molecule has 0 aliphatic heterocycles. The van der Waals surface area contributed by atoms with E-state index in [1.807, 2.05) is 31.3 Å². The molecule has 0 atom stereocenters. The Morgan fingerprint density at radius 3 is 2.20 bits per heavy atom. The van der Waals surface area contributed by atoms with E-state index in [0.717, 1.165) is 24.1 Å². The molecule has 0 aliphatic rings. The molecule has 1 aromatic carbocycles. The Morgan fingerprint density at radius 2 is 1.70 bits per heavy atom. The van der Waals surface area contributed by atoms with Crippen molar-refractivity contribution < 1.29 is 8.42 Å². The minimum Gasteiger partial charge on any atom is -0.316 e. The standard InChI is InChI=1S/C15H26N2O2S/c1-13(2)9-10-17(4)20(18,19)12-15-7-5-14(6-8-15)11-16-3/h5-8,13,16H,9-12H2,1-4H3. The summed E-state index contributed by atoms with van der Waals surface area (Å²) in [5, 5.41) is 3.07. The molecular formula is C15H26N2O2S. The topological polar surface area (TPSA) is 49.4 Å². The lowest BCUT2D eigenvalue weighted by molar-refractivity contribution is 0.427. The van der Waals surface area contributed by atoms with Crippen LogP contribution in [0.15, 0.2) is 24.3 Å². The van der Waals surface area contributed by atoms with E-state index in [1.165, 1.54) is 4.31 Å². The second-order valence-corrected chi connectivity index (χ2v) is 7.68. The lowest BCUT2D eigenvalue weighted by Gasteiger charge is -2.18. The highest BCUT2D eigenvalue weighted by molar-refractivity contribution is 7.88. The van der Waals surface area contributed by atoms with E-state index < -0.39 is 10.0 Å². The molecule has 0 aromatic heterocycles. The van der Waals surface area contributed by atoms with E-state index in [0.29, 0.717) is 12.5 Å². The molecule has 1 aromatic rings. The second kappa shape index (κ2) is 7.76. The van der Waals surface area contributed by atoms with Crippen LogP contribution in [0.4, 0.5) is 0 Å². The van der Waals surface area contributed by atoms with Crippen LogP contribution < -0.4 is 5.32 Å². The smallest absolute Gasteiger partial charge is 0.218 e. The van der Waals surface area contributed by atoms with E-state index in [4.69, 9.17) is 0 Å². The number of sulfonamides is 1. The molecule has 114 valence electrons. The normalized spacial score (nSPS) is 12.3. The van der Waals surface area contributed by atoms with Gasteiger partial charge in [0.1, 0.15) is 0 Å². The lowest BCUT2D eigenvalue weighted by Crippen LogP contribution is -2.29. The molecule has 20 heavy (non-hydrogen) atoms. The first-order valence-corrected chi connectivity index (χ1v) is 8.62. The summed E-state index contributed by atoms with van der Waals surface area (Å²) in [6.45, 7) is 5.57. The molecule has 0 aliphatic carbocycles. The van der Waals surface area contributed by atoms with Crippen LogP contribution in [-0.4, -0.2) is 33.4 Å². The summed E-state index contributed by atoms with van der Waals surface area (Å²) in [5.74, 6) is 0.579. The zero-order valence-corrected chi connectivity index (χ0v) is 13.7. The van der Waals surface area contributed by atoms with Gasteiger partial charge < -0.3 is 5.32 Å². The van der Waals surface area contributed by atoms with Crippen LogP contribution >= 0.6 is 0 Å². The van der Waals surface area contributed by atoms with Crippen LogP contribution in [0, 0.1) is 5.92 Å². The van der Waals surface area contributed by atoms with E-state index >= 15 is 0 Å². The van der Waals surface area contributed by atoms with E-state index in [9.17, 15) is 8.42 Å². The highest BCUT2D eigenvalue weighted by Gasteiger charge is 2.18. The predicted octanol–water partition coefficient (Wildman–Crippen LogP) is 2.21. The van der Waals surface area contributed by atoms with Crippen LogP contribution in [0.1, 0.15) is 31.4 Å². The zero-order chi connectivity index (χ0) is 15.2. The SMILES string of the molecule is CNCc1ccc(CS(=O)(=O)N(C)CCC(C)C)cc1. The molecule has 0 saturated carbocycles. The second-order valence-electron chi connectivity index (χ2n) is 5.61. The molecule has 1 rings (SSSR count). The summed E-state index contributed by atoms with van der Waals surface area (Å²) in [6, 6.07) is 7.71. The Kier molecular flexibility index (Phi) is 6.65. The number of nitrogens with one attached hydrogen (secondary N) is 1. The van der Waals surface area contributed by atoms with Gasteiger partial charge in [-0.1, -0.05) is 38.1 Å². The van der Waals surface area contributed by atoms with Crippen molar-refractivity contribution in [2.24, 2.45) is 5.92 Å². The zero-order valence-electron chi connectivity index (χ0n) is 12.9. The number of benzene rings is 1. The fourth-order valence-corrected chi connectivity index (χ4v) is 3.08. The number of rotatable bonds is 8. The molecule has 0 radical (unpaired) electrons. The summed E-state index contributed by atoms with van der Waals surface area (Å²) in [5.41, 5.74) is 1.99. The first-order chi connectivity index (χ1) is 9.35. The van der Waals surface area contributed by atoms with Crippen molar-refractivity contribution in [1.82, 2.24) is 9.62 Å². The molecule has 1 N–H and O–H groups in total. The van der Waals surface area contributed by atoms with Crippen molar-refractivity contribution >= 4 is 10.0 Å². The van der Waals surface area contributed by atoms with Crippen molar-refractivity contribution in [2.45, 2.75) is 32.6 Å². The maximum absolute atomic E-state index is 12.2. The molecule has 4 nitrogen and oxygen atoms in total. The number of nitrogens with zero attached hydrogens (tertiary/aromatic N) is 1. The van der Waals surface area contributed by atoms with Gasteiger partial charge in [0.15, 0.2) is 0 Å². The molecule has 0 spiro atoms. The summed E-state index contributed by atoms with van der Waals surface area (Å²) in [7, 11) is 0.334. The molecule has 5 heteroatoms. The van der Waals surface area contributed by atoms with Gasteiger partial charge in [0.2, 0.25) is 10.0 Å². The van der Waals surface area contributed by atoms with Gasteiger partial charge in [-0.15, -0.1) is 0 Å².